The molecule has 0 bridgehead atoms. The number of benzene rings is 2. The minimum absolute atomic E-state index is 0.107. The Labute approximate surface area is 162 Å². The highest BCUT2D eigenvalue weighted by Crippen LogP contribution is 2.17. The number of aromatic nitrogens is 2. The Morgan fingerprint density at radius 2 is 1.96 bits per heavy atom. The van der Waals surface area contributed by atoms with E-state index in [2.05, 4.69) is 15.5 Å². The van der Waals surface area contributed by atoms with Crippen LogP contribution >= 0.6 is 11.6 Å². The maximum atomic E-state index is 12.9. The summed E-state index contributed by atoms with van der Waals surface area (Å²) in [5.41, 5.74) is 4.98. The van der Waals surface area contributed by atoms with E-state index in [-0.39, 0.29) is 5.56 Å². The normalized spacial score (nSPS) is 11.7. The van der Waals surface area contributed by atoms with Crippen molar-refractivity contribution in [3.8, 4) is 0 Å². The van der Waals surface area contributed by atoms with Crippen LogP contribution in [-0.4, -0.2) is 29.0 Å². The maximum absolute atomic E-state index is 12.9. The Bertz CT molecular complexity index is 1030. The number of para-hydroxylation sites is 1. The van der Waals surface area contributed by atoms with Gasteiger partial charge in [-0.05, 0) is 31.5 Å². The van der Waals surface area contributed by atoms with Crippen LogP contribution in [0.3, 0.4) is 0 Å². The molecule has 0 saturated carbocycles. The summed E-state index contributed by atoms with van der Waals surface area (Å²) < 4.78 is 6.69. The van der Waals surface area contributed by atoms with E-state index < -0.39 is 0 Å². The minimum atomic E-state index is -0.107. The lowest BCUT2D eigenvalue weighted by Crippen LogP contribution is -2.25. The van der Waals surface area contributed by atoms with Crippen molar-refractivity contribution in [3.05, 3.63) is 69.5 Å². The van der Waals surface area contributed by atoms with Crippen LogP contribution in [0.15, 0.2) is 58.4 Å². The topological polar surface area (TPSA) is 68.5 Å². The van der Waals surface area contributed by atoms with Crippen molar-refractivity contribution in [1.82, 2.24) is 9.55 Å². The molecule has 1 N–H and O–H groups in total. The molecule has 1 aromatic heterocycles. The van der Waals surface area contributed by atoms with Gasteiger partial charge in [0.1, 0.15) is 0 Å². The summed E-state index contributed by atoms with van der Waals surface area (Å²) in [4.78, 5) is 17.5. The lowest BCUT2D eigenvalue weighted by molar-refractivity contribution is 0.190. The van der Waals surface area contributed by atoms with Crippen LogP contribution in [0.25, 0.3) is 10.9 Å². The molecule has 0 unspecified atom stereocenters. The fraction of sp³-hybridized carbons (Fsp3) is 0.250. The summed E-state index contributed by atoms with van der Waals surface area (Å²) in [6.07, 6.45) is 0.693. The van der Waals surface area contributed by atoms with Crippen LogP contribution < -0.4 is 11.0 Å². The van der Waals surface area contributed by atoms with Crippen LogP contribution in [-0.2, 0) is 11.3 Å². The molecule has 3 rings (SSSR count). The fourth-order valence-electron chi connectivity index (χ4n) is 2.78. The minimum Gasteiger partial charge on any atom is -0.385 e. The van der Waals surface area contributed by atoms with Gasteiger partial charge in [-0.1, -0.05) is 41.9 Å². The predicted molar refractivity (Wildman–Crippen MR) is 110 cm³/mol. The molecule has 140 valence electrons. The van der Waals surface area contributed by atoms with E-state index in [0.717, 1.165) is 5.56 Å². The van der Waals surface area contributed by atoms with Crippen molar-refractivity contribution in [2.24, 2.45) is 5.10 Å². The third-order valence-corrected chi connectivity index (χ3v) is 4.51. The summed E-state index contributed by atoms with van der Waals surface area (Å²) in [5.74, 6) is 0.390. The monoisotopic (exact) mass is 384 g/mol. The summed E-state index contributed by atoms with van der Waals surface area (Å²) in [6, 6.07) is 14.7. The number of halogens is 1. The molecule has 1 heterocycles. The first-order valence-corrected chi connectivity index (χ1v) is 9.03. The number of hydrazone groups is 1. The lowest BCUT2D eigenvalue weighted by Gasteiger charge is -2.13. The molecule has 3 aromatic rings. The molecule has 0 aliphatic carbocycles. The average Bonchev–Trinajstić information content (AvgIpc) is 2.68. The molecule has 0 amide bonds. The van der Waals surface area contributed by atoms with E-state index in [1.165, 1.54) is 0 Å². The van der Waals surface area contributed by atoms with Crippen LogP contribution in [0.2, 0.25) is 5.02 Å². The van der Waals surface area contributed by atoms with Crippen molar-refractivity contribution in [1.29, 1.82) is 0 Å². The third-order valence-electron chi connectivity index (χ3n) is 4.18. The molecule has 0 spiro atoms. The molecule has 0 fully saturated rings. The van der Waals surface area contributed by atoms with E-state index in [1.807, 2.05) is 49.4 Å². The molecule has 0 saturated heterocycles. The highest BCUT2D eigenvalue weighted by molar-refractivity contribution is 6.34. The van der Waals surface area contributed by atoms with Crippen molar-refractivity contribution in [3.63, 3.8) is 0 Å². The van der Waals surface area contributed by atoms with Crippen molar-refractivity contribution >= 4 is 34.2 Å². The highest BCUT2D eigenvalue weighted by Gasteiger charge is 2.11. The van der Waals surface area contributed by atoms with Crippen LogP contribution in [0.1, 0.15) is 18.9 Å². The van der Waals surface area contributed by atoms with Gasteiger partial charge in [-0.2, -0.15) is 5.10 Å². The van der Waals surface area contributed by atoms with E-state index >= 15 is 0 Å². The molecular formula is C20H21ClN4O2. The van der Waals surface area contributed by atoms with Gasteiger partial charge in [-0.3, -0.25) is 9.36 Å². The Hall–Kier alpha value is -2.70. The van der Waals surface area contributed by atoms with Gasteiger partial charge in [-0.15, -0.1) is 0 Å². The SMILES string of the molecule is COCCCn1c(N/N=C(/C)c2ccccc2Cl)nc2ccccc2c1=O. The maximum Gasteiger partial charge on any atom is 0.262 e. The van der Waals surface area contributed by atoms with Crippen LogP contribution in [0.5, 0.6) is 0 Å². The van der Waals surface area contributed by atoms with Crippen molar-refractivity contribution < 1.29 is 4.74 Å². The van der Waals surface area contributed by atoms with Gasteiger partial charge in [-0.25, -0.2) is 10.4 Å². The summed E-state index contributed by atoms with van der Waals surface area (Å²) in [7, 11) is 1.64. The standard InChI is InChI=1S/C20H21ClN4O2/c1-14(15-8-3-5-10-17(15)21)23-24-20-22-18-11-6-4-9-16(18)19(26)25(20)12-7-13-27-2/h3-6,8-11H,7,12-13H2,1-2H3,(H,22,24)/b23-14-. The van der Waals surface area contributed by atoms with Crippen LogP contribution in [0, 0.1) is 0 Å². The summed E-state index contributed by atoms with van der Waals surface area (Å²) >= 11 is 6.23. The Morgan fingerprint density at radius 1 is 1.22 bits per heavy atom. The third kappa shape index (κ3) is 4.35. The van der Waals surface area contributed by atoms with Gasteiger partial charge in [0.2, 0.25) is 5.95 Å². The summed E-state index contributed by atoms with van der Waals surface area (Å²) in [6.45, 7) is 2.89. The quantitative estimate of drug-likeness (QED) is 0.381. The zero-order valence-electron chi connectivity index (χ0n) is 15.3. The fourth-order valence-corrected chi connectivity index (χ4v) is 3.05. The smallest absolute Gasteiger partial charge is 0.262 e. The zero-order valence-corrected chi connectivity index (χ0v) is 16.0. The molecular weight excluding hydrogens is 364 g/mol. The molecule has 0 radical (unpaired) electrons. The number of methoxy groups -OCH3 is 1. The molecule has 2 aromatic carbocycles. The zero-order chi connectivity index (χ0) is 19.2. The Kier molecular flexibility index (Phi) is 6.21. The second kappa shape index (κ2) is 8.79. The van der Waals surface area contributed by atoms with E-state index in [1.54, 1.807) is 17.7 Å². The van der Waals surface area contributed by atoms with Gasteiger partial charge in [0, 0.05) is 30.8 Å². The second-order valence-corrected chi connectivity index (χ2v) is 6.45. The van der Waals surface area contributed by atoms with Gasteiger partial charge < -0.3 is 4.74 Å². The second-order valence-electron chi connectivity index (χ2n) is 6.04. The highest BCUT2D eigenvalue weighted by atomic mass is 35.5. The molecule has 0 aliphatic heterocycles. The number of nitrogens with one attached hydrogen (secondary N) is 1. The first-order valence-electron chi connectivity index (χ1n) is 8.65. The molecule has 27 heavy (non-hydrogen) atoms. The molecule has 0 aliphatic rings. The number of rotatable bonds is 7. The number of anilines is 1. The van der Waals surface area contributed by atoms with Gasteiger partial charge in [0.25, 0.3) is 5.56 Å². The van der Waals surface area contributed by atoms with E-state index in [0.29, 0.717) is 47.2 Å². The van der Waals surface area contributed by atoms with E-state index in [9.17, 15) is 4.79 Å². The van der Waals surface area contributed by atoms with Gasteiger partial charge >= 0.3 is 0 Å². The lowest BCUT2D eigenvalue weighted by atomic mass is 10.1. The number of ether oxygens (including phenoxy) is 1. The van der Waals surface area contributed by atoms with Gasteiger partial charge in [0.05, 0.1) is 16.6 Å². The number of nitrogens with zero attached hydrogens (tertiary/aromatic N) is 3. The summed E-state index contributed by atoms with van der Waals surface area (Å²) in [5, 5.41) is 5.58. The van der Waals surface area contributed by atoms with Crippen molar-refractivity contribution in [2.75, 3.05) is 19.1 Å². The number of hydrogen-bond donors (Lipinski definition) is 1. The predicted octanol–water partition coefficient (Wildman–Crippen LogP) is 3.92. The van der Waals surface area contributed by atoms with Gasteiger partial charge in [0.15, 0.2) is 0 Å². The molecule has 7 heteroatoms. The molecule has 0 atom stereocenters. The first kappa shape index (κ1) is 19.1. The van der Waals surface area contributed by atoms with Crippen LogP contribution in [0.4, 0.5) is 5.95 Å². The average molecular weight is 385 g/mol. The Balaban J connectivity index is 1.99. The van der Waals surface area contributed by atoms with Crippen molar-refractivity contribution in [2.45, 2.75) is 19.9 Å². The molecule has 6 nitrogen and oxygen atoms in total. The van der Waals surface area contributed by atoms with E-state index in [4.69, 9.17) is 16.3 Å². The first-order chi connectivity index (χ1) is 13.1. The number of fused-ring (bicyclic) bond motifs is 1. The Morgan fingerprint density at radius 3 is 2.74 bits per heavy atom. The largest absolute Gasteiger partial charge is 0.385 e. The number of hydrogen-bond acceptors (Lipinski definition) is 5.